The van der Waals surface area contributed by atoms with Gasteiger partial charge in [-0.3, -0.25) is 0 Å². The van der Waals surface area contributed by atoms with Crippen LogP contribution in [0.5, 0.6) is 0 Å². The van der Waals surface area contributed by atoms with E-state index in [4.69, 9.17) is 0 Å². The van der Waals surface area contributed by atoms with Crippen LogP contribution in [0.1, 0.15) is 18.1 Å². The van der Waals surface area contributed by atoms with Gasteiger partial charge in [-0.1, -0.05) is 24.3 Å². The van der Waals surface area contributed by atoms with Crippen LogP contribution in [0, 0.1) is 6.92 Å². The molecule has 0 aliphatic carbocycles. The van der Waals surface area contributed by atoms with Crippen LogP contribution >= 0.6 is 27.3 Å². The fourth-order valence-corrected chi connectivity index (χ4v) is 5.25. The van der Waals surface area contributed by atoms with Crippen LogP contribution in [0.2, 0.25) is 0 Å². The predicted octanol–water partition coefficient (Wildman–Crippen LogP) is 3.73. The number of aryl methyl sites for hydroxylation is 1. The Morgan fingerprint density at radius 2 is 1.95 bits per heavy atom. The van der Waals surface area contributed by atoms with Crippen LogP contribution in [0.15, 0.2) is 44.4 Å². The molecule has 1 unspecified atom stereocenters. The Balaban J connectivity index is 2.08. The lowest BCUT2D eigenvalue weighted by atomic mass is 10.0. The smallest absolute Gasteiger partial charge is 0.207 e. The highest BCUT2D eigenvalue weighted by Crippen LogP contribution is 2.26. The number of halogens is 1. The van der Waals surface area contributed by atoms with E-state index in [9.17, 15) is 8.42 Å². The van der Waals surface area contributed by atoms with Crippen molar-refractivity contribution in [3.05, 3.63) is 51.3 Å². The van der Waals surface area contributed by atoms with Gasteiger partial charge in [0.25, 0.3) is 0 Å². The van der Waals surface area contributed by atoms with E-state index < -0.39 is 10.0 Å². The second-order valence-electron chi connectivity index (χ2n) is 4.71. The normalized spacial score (nSPS) is 13.3. The van der Waals surface area contributed by atoms with Crippen molar-refractivity contribution in [3.8, 4) is 0 Å². The van der Waals surface area contributed by atoms with Gasteiger partial charge < -0.3 is 0 Å². The second kappa shape index (κ2) is 6.39. The zero-order valence-electron chi connectivity index (χ0n) is 11.3. The zero-order chi connectivity index (χ0) is 14.8. The summed E-state index contributed by atoms with van der Waals surface area (Å²) in [6, 6.07) is 11.2. The molecule has 2 aromatic rings. The Labute approximate surface area is 132 Å². The summed E-state index contributed by atoms with van der Waals surface area (Å²) < 4.78 is 28.3. The molecule has 1 N–H and O–H groups in total. The van der Waals surface area contributed by atoms with E-state index >= 15 is 0 Å². The van der Waals surface area contributed by atoms with Gasteiger partial charge in [-0.15, -0.1) is 11.3 Å². The minimum atomic E-state index is -3.43. The first-order valence-corrected chi connectivity index (χ1v) is 9.30. The van der Waals surface area contributed by atoms with Gasteiger partial charge in [0.15, 0.2) is 0 Å². The van der Waals surface area contributed by atoms with Crippen molar-refractivity contribution < 1.29 is 8.42 Å². The molecule has 0 amide bonds. The molecule has 0 saturated carbocycles. The topological polar surface area (TPSA) is 46.2 Å². The summed E-state index contributed by atoms with van der Waals surface area (Å²) in [4.78, 5) is 0. The average molecular weight is 374 g/mol. The van der Waals surface area contributed by atoms with Gasteiger partial charge in [0.05, 0.1) is 3.79 Å². The molecular weight excluding hydrogens is 358 g/mol. The molecule has 1 aromatic heterocycles. The summed E-state index contributed by atoms with van der Waals surface area (Å²) in [5, 5.41) is 0. The highest BCUT2D eigenvalue weighted by molar-refractivity contribution is 9.11. The maximum atomic E-state index is 12.2. The molecule has 3 nitrogen and oxygen atoms in total. The van der Waals surface area contributed by atoms with Crippen molar-refractivity contribution in [2.75, 3.05) is 0 Å². The Morgan fingerprint density at radius 1 is 1.25 bits per heavy atom. The summed E-state index contributed by atoms with van der Waals surface area (Å²) in [6.45, 7) is 3.92. The summed E-state index contributed by atoms with van der Waals surface area (Å²) in [5.41, 5.74) is 2.34. The SMILES string of the molecule is Cc1ccccc1CC(C)NS(=O)(=O)c1ccc(Br)s1. The average Bonchev–Trinajstić information content (AvgIpc) is 2.79. The lowest BCUT2D eigenvalue weighted by molar-refractivity contribution is 0.561. The van der Waals surface area contributed by atoms with Crippen molar-refractivity contribution in [2.45, 2.75) is 30.5 Å². The molecule has 0 spiro atoms. The van der Waals surface area contributed by atoms with Crippen LogP contribution in [0.4, 0.5) is 0 Å². The maximum absolute atomic E-state index is 12.2. The third-order valence-electron chi connectivity index (χ3n) is 2.96. The molecule has 2 rings (SSSR count). The molecule has 108 valence electrons. The van der Waals surface area contributed by atoms with Gasteiger partial charge >= 0.3 is 0 Å². The third-order valence-corrected chi connectivity index (χ3v) is 6.66. The van der Waals surface area contributed by atoms with E-state index in [0.717, 1.165) is 9.35 Å². The van der Waals surface area contributed by atoms with E-state index in [1.165, 1.54) is 16.9 Å². The van der Waals surface area contributed by atoms with E-state index in [1.54, 1.807) is 12.1 Å². The predicted molar refractivity (Wildman–Crippen MR) is 86.7 cm³/mol. The number of rotatable bonds is 5. The largest absolute Gasteiger partial charge is 0.250 e. The number of nitrogens with one attached hydrogen (secondary N) is 1. The first-order chi connectivity index (χ1) is 9.38. The van der Waals surface area contributed by atoms with Crippen LogP contribution < -0.4 is 4.72 Å². The first kappa shape index (κ1) is 15.7. The highest BCUT2D eigenvalue weighted by Gasteiger charge is 2.19. The van der Waals surface area contributed by atoms with Crippen molar-refractivity contribution in [2.24, 2.45) is 0 Å². The van der Waals surface area contributed by atoms with Gasteiger partial charge in [-0.25, -0.2) is 13.1 Å². The molecule has 1 aromatic carbocycles. The standard InChI is InChI=1S/C14H16BrNO2S2/c1-10-5-3-4-6-12(10)9-11(2)16-20(17,18)14-8-7-13(15)19-14/h3-8,11,16H,9H2,1-2H3. The monoisotopic (exact) mass is 373 g/mol. The van der Waals surface area contributed by atoms with Crippen molar-refractivity contribution >= 4 is 37.3 Å². The lowest BCUT2D eigenvalue weighted by Crippen LogP contribution is -2.33. The third kappa shape index (κ3) is 3.91. The molecule has 0 bridgehead atoms. The molecule has 0 fully saturated rings. The Bertz CT molecular complexity index is 695. The molecular formula is C14H16BrNO2S2. The molecule has 20 heavy (non-hydrogen) atoms. The molecule has 1 heterocycles. The van der Waals surface area contributed by atoms with Gasteiger partial charge in [-0.05, 0) is 59.5 Å². The minimum Gasteiger partial charge on any atom is -0.207 e. The maximum Gasteiger partial charge on any atom is 0.250 e. The van der Waals surface area contributed by atoms with E-state index in [1.807, 2.05) is 38.1 Å². The second-order valence-corrected chi connectivity index (χ2v) is 9.12. The van der Waals surface area contributed by atoms with Gasteiger partial charge in [0.2, 0.25) is 10.0 Å². The van der Waals surface area contributed by atoms with Gasteiger partial charge in [-0.2, -0.15) is 0 Å². The quantitative estimate of drug-likeness (QED) is 0.867. The fraction of sp³-hybridized carbons (Fsp3) is 0.286. The summed E-state index contributed by atoms with van der Waals surface area (Å²) in [5.74, 6) is 0. The Hall–Kier alpha value is -0.690. The van der Waals surface area contributed by atoms with Crippen molar-refractivity contribution in [1.82, 2.24) is 4.72 Å². The molecule has 0 aliphatic rings. The number of hydrogen-bond donors (Lipinski definition) is 1. The van der Waals surface area contributed by atoms with Crippen molar-refractivity contribution in [1.29, 1.82) is 0 Å². The summed E-state index contributed by atoms with van der Waals surface area (Å²) in [6.07, 6.45) is 0.679. The van der Waals surface area contributed by atoms with Gasteiger partial charge in [0.1, 0.15) is 4.21 Å². The zero-order valence-corrected chi connectivity index (χ0v) is 14.5. The van der Waals surface area contributed by atoms with E-state index in [0.29, 0.717) is 10.6 Å². The van der Waals surface area contributed by atoms with Crippen LogP contribution in [-0.2, 0) is 16.4 Å². The molecule has 0 aliphatic heterocycles. The lowest BCUT2D eigenvalue weighted by Gasteiger charge is -2.14. The molecule has 0 saturated heterocycles. The van der Waals surface area contributed by atoms with E-state index in [2.05, 4.69) is 20.7 Å². The Morgan fingerprint density at radius 3 is 2.55 bits per heavy atom. The van der Waals surface area contributed by atoms with Crippen molar-refractivity contribution in [3.63, 3.8) is 0 Å². The highest BCUT2D eigenvalue weighted by atomic mass is 79.9. The van der Waals surface area contributed by atoms with Gasteiger partial charge in [0, 0.05) is 6.04 Å². The number of sulfonamides is 1. The summed E-state index contributed by atoms with van der Waals surface area (Å²) in [7, 11) is -3.43. The Kier molecular flexibility index (Phi) is 5.01. The molecule has 0 radical (unpaired) electrons. The minimum absolute atomic E-state index is 0.151. The number of benzene rings is 1. The fourth-order valence-electron chi connectivity index (χ4n) is 1.98. The first-order valence-electron chi connectivity index (χ1n) is 6.20. The van der Waals surface area contributed by atoms with Crippen LogP contribution in [0.3, 0.4) is 0 Å². The summed E-state index contributed by atoms with van der Waals surface area (Å²) >= 11 is 4.49. The number of hydrogen-bond acceptors (Lipinski definition) is 3. The van der Waals surface area contributed by atoms with Crippen LogP contribution in [-0.4, -0.2) is 14.5 Å². The van der Waals surface area contributed by atoms with E-state index in [-0.39, 0.29) is 6.04 Å². The van der Waals surface area contributed by atoms with Crippen LogP contribution in [0.25, 0.3) is 0 Å². The number of thiophene rings is 1. The molecule has 1 atom stereocenters. The molecule has 6 heteroatoms.